The number of aryl methyl sites for hydroxylation is 1. The normalized spacial score (nSPS) is 17.4. The predicted molar refractivity (Wildman–Crippen MR) is 82.4 cm³/mol. The van der Waals surface area contributed by atoms with E-state index in [-0.39, 0.29) is 11.8 Å². The number of hydrogen-bond donors (Lipinski definition) is 2. The zero-order chi connectivity index (χ0) is 13.9. The molecule has 0 fully saturated rings. The Hall–Kier alpha value is -1.88. The number of aromatic nitrogens is 1. The maximum Gasteiger partial charge on any atom is 0.231 e. The van der Waals surface area contributed by atoms with E-state index in [4.69, 9.17) is 0 Å². The Morgan fingerprint density at radius 3 is 3.05 bits per heavy atom. The van der Waals surface area contributed by atoms with E-state index in [9.17, 15) is 4.79 Å². The average Bonchev–Trinajstić information content (AvgIpc) is 2.96. The van der Waals surface area contributed by atoms with Crippen LogP contribution in [0, 0.1) is 0 Å². The number of hydrogen-bond acceptors (Lipinski definition) is 4. The summed E-state index contributed by atoms with van der Waals surface area (Å²) in [6.07, 6.45) is 4.80. The number of amides is 1. The quantitative estimate of drug-likeness (QED) is 0.911. The molecule has 2 heterocycles. The van der Waals surface area contributed by atoms with Crippen molar-refractivity contribution in [1.82, 2.24) is 4.98 Å². The molecule has 0 aliphatic heterocycles. The zero-order valence-corrected chi connectivity index (χ0v) is 12.2. The van der Waals surface area contributed by atoms with Gasteiger partial charge in [-0.3, -0.25) is 4.79 Å². The highest BCUT2D eigenvalue weighted by Gasteiger charge is 2.27. The van der Waals surface area contributed by atoms with Gasteiger partial charge in [0.2, 0.25) is 5.91 Å². The summed E-state index contributed by atoms with van der Waals surface area (Å²) >= 11 is 1.76. The fourth-order valence-corrected chi connectivity index (χ4v) is 3.59. The van der Waals surface area contributed by atoms with Gasteiger partial charge in [-0.1, -0.05) is 0 Å². The van der Waals surface area contributed by atoms with Crippen LogP contribution in [-0.4, -0.2) is 17.9 Å². The third-order valence-corrected chi connectivity index (χ3v) is 4.65. The standard InChI is InChI=1S/C15H17N3OS/c1-16-14-6-5-10(9-17-14)18-15(19)12-3-2-4-13-11(12)7-8-20-13/h5-9,12H,2-4H2,1H3,(H,16,17)(H,18,19). The van der Waals surface area contributed by atoms with Gasteiger partial charge >= 0.3 is 0 Å². The number of fused-ring (bicyclic) bond motifs is 1. The minimum atomic E-state index is -0.0195. The molecule has 5 heteroatoms. The summed E-state index contributed by atoms with van der Waals surface area (Å²) in [5.41, 5.74) is 1.95. The molecule has 2 N–H and O–H groups in total. The van der Waals surface area contributed by atoms with Gasteiger partial charge in [0.05, 0.1) is 17.8 Å². The first-order valence-corrected chi connectivity index (χ1v) is 7.67. The van der Waals surface area contributed by atoms with E-state index in [0.717, 1.165) is 30.8 Å². The monoisotopic (exact) mass is 287 g/mol. The van der Waals surface area contributed by atoms with Crippen LogP contribution in [-0.2, 0) is 11.2 Å². The number of rotatable bonds is 3. The second kappa shape index (κ2) is 5.63. The summed E-state index contributed by atoms with van der Waals surface area (Å²) in [5, 5.41) is 8.01. The highest BCUT2D eigenvalue weighted by Crippen LogP contribution is 2.35. The molecule has 0 radical (unpaired) electrons. The van der Waals surface area contributed by atoms with E-state index in [0.29, 0.717) is 0 Å². The molecule has 20 heavy (non-hydrogen) atoms. The lowest BCUT2D eigenvalue weighted by Gasteiger charge is -2.21. The SMILES string of the molecule is CNc1ccc(NC(=O)C2CCCc3sccc32)cn1. The molecule has 3 rings (SSSR count). The fourth-order valence-electron chi connectivity index (χ4n) is 2.60. The van der Waals surface area contributed by atoms with Crippen LogP contribution in [0.25, 0.3) is 0 Å². The maximum atomic E-state index is 12.4. The van der Waals surface area contributed by atoms with Crippen molar-refractivity contribution in [3.63, 3.8) is 0 Å². The second-order valence-electron chi connectivity index (χ2n) is 4.92. The molecule has 104 valence electrons. The molecule has 1 aliphatic rings. The molecule has 2 aromatic rings. The Morgan fingerprint density at radius 1 is 1.40 bits per heavy atom. The second-order valence-corrected chi connectivity index (χ2v) is 5.92. The molecule has 1 unspecified atom stereocenters. The number of thiophene rings is 1. The number of carbonyl (C=O) groups excluding carboxylic acids is 1. The van der Waals surface area contributed by atoms with Crippen molar-refractivity contribution in [2.45, 2.75) is 25.2 Å². The summed E-state index contributed by atoms with van der Waals surface area (Å²) in [6, 6.07) is 5.81. The number of pyridine rings is 1. The summed E-state index contributed by atoms with van der Waals surface area (Å²) in [5.74, 6) is 0.845. The summed E-state index contributed by atoms with van der Waals surface area (Å²) < 4.78 is 0. The lowest BCUT2D eigenvalue weighted by atomic mass is 9.87. The number of nitrogens with zero attached hydrogens (tertiary/aromatic N) is 1. The molecule has 2 aromatic heterocycles. The van der Waals surface area contributed by atoms with Crippen LogP contribution in [0.5, 0.6) is 0 Å². The minimum Gasteiger partial charge on any atom is -0.373 e. The Balaban J connectivity index is 1.74. The first-order chi connectivity index (χ1) is 9.78. The van der Waals surface area contributed by atoms with Gasteiger partial charge in [0.15, 0.2) is 0 Å². The van der Waals surface area contributed by atoms with E-state index in [1.807, 2.05) is 19.2 Å². The molecule has 1 amide bonds. The molecular formula is C15H17N3OS. The third kappa shape index (κ3) is 2.54. The molecule has 0 saturated carbocycles. The van der Waals surface area contributed by atoms with Crippen LogP contribution in [0.3, 0.4) is 0 Å². The first kappa shape index (κ1) is 13.1. The van der Waals surface area contributed by atoms with Crippen LogP contribution in [0.2, 0.25) is 0 Å². The van der Waals surface area contributed by atoms with Crippen molar-refractivity contribution in [1.29, 1.82) is 0 Å². The number of anilines is 2. The molecule has 1 atom stereocenters. The zero-order valence-electron chi connectivity index (χ0n) is 11.3. The van der Waals surface area contributed by atoms with E-state index in [2.05, 4.69) is 27.1 Å². The maximum absolute atomic E-state index is 12.4. The lowest BCUT2D eigenvalue weighted by molar-refractivity contribution is -0.117. The van der Waals surface area contributed by atoms with Crippen LogP contribution in [0.4, 0.5) is 11.5 Å². The summed E-state index contributed by atoms with van der Waals surface area (Å²) in [7, 11) is 1.82. The van der Waals surface area contributed by atoms with Crippen LogP contribution in [0.15, 0.2) is 29.8 Å². The number of nitrogens with one attached hydrogen (secondary N) is 2. The molecule has 4 nitrogen and oxygen atoms in total. The van der Waals surface area contributed by atoms with Gasteiger partial charge in [0.25, 0.3) is 0 Å². The first-order valence-electron chi connectivity index (χ1n) is 6.79. The Kier molecular flexibility index (Phi) is 3.69. The Labute approximate surface area is 122 Å². The van der Waals surface area contributed by atoms with Crippen molar-refractivity contribution in [3.8, 4) is 0 Å². The number of carbonyl (C=O) groups is 1. The fraction of sp³-hybridized carbons (Fsp3) is 0.333. The topological polar surface area (TPSA) is 54.0 Å². The molecule has 0 aromatic carbocycles. The summed E-state index contributed by atoms with van der Waals surface area (Å²) in [6.45, 7) is 0. The van der Waals surface area contributed by atoms with E-state index in [1.54, 1.807) is 17.5 Å². The van der Waals surface area contributed by atoms with Crippen molar-refractivity contribution >= 4 is 28.7 Å². The van der Waals surface area contributed by atoms with Crippen LogP contribution >= 0.6 is 11.3 Å². The highest BCUT2D eigenvalue weighted by atomic mass is 32.1. The lowest BCUT2D eigenvalue weighted by Crippen LogP contribution is -2.23. The molecule has 1 aliphatic carbocycles. The predicted octanol–water partition coefficient (Wildman–Crippen LogP) is 3.24. The van der Waals surface area contributed by atoms with Crippen molar-refractivity contribution in [2.75, 3.05) is 17.7 Å². The van der Waals surface area contributed by atoms with Crippen molar-refractivity contribution in [2.24, 2.45) is 0 Å². The van der Waals surface area contributed by atoms with Gasteiger partial charge in [-0.15, -0.1) is 11.3 Å². The largest absolute Gasteiger partial charge is 0.373 e. The van der Waals surface area contributed by atoms with Crippen molar-refractivity contribution < 1.29 is 4.79 Å². The minimum absolute atomic E-state index is 0.0195. The third-order valence-electron chi connectivity index (χ3n) is 3.66. The molecular weight excluding hydrogens is 270 g/mol. The van der Waals surface area contributed by atoms with Gasteiger partial charge in [0.1, 0.15) is 5.82 Å². The van der Waals surface area contributed by atoms with Gasteiger partial charge in [-0.25, -0.2) is 4.98 Å². The van der Waals surface area contributed by atoms with E-state index in [1.165, 1.54) is 10.4 Å². The van der Waals surface area contributed by atoms with E-state index < -0.39 is 0 Å². The summed E-state index contributed by atoms with van der Waals surface area (Å²) in [4.78, 5) is 18.0. The van der Waals surface area contributed by atoms with Gasteiger partial charge in [-0.2, -0.15) is 0 Å². The smallest absolute Gasteiger partial charge is 0.231 e. The van der Waals surface area contributed by atoms with E-state index >= 15 is 0 Å². The van der Waals surface area contributed by atoms with Gasteiger partial charge < -0.3 is 10.6 Å². The molecule has 0 saturated heterocycles. The van der Waals surface area contributed by atoms with Gasteiger partial charge in [0, 0.05) is 11.9 Å². The van der Waals surface area contributed by atoms with Gasteiger partial charge in [-0.05, 0) is 48.4 Å². The van der Waals surface area contributed by atoms with Crippen molar-refractivity contribution in [3.05, 3.63) is 40.2 Å². The Bertz CT molecular complexity index is 606. The average molecular weight is 287 g/mol. The Morgan fingerprint density at radius 2 is 2.30 bits per heavy atom. The van der Waals surface area contributed by atoms with Crippen LogP contribution < -0.4 is 10.6 Å². The molecule has 0 bridgehead atoms. The van der Waals surface area contributed by atoms with Crippen LogP contribution in [0.1, 0.15) is 29.2 Å². The molecule has 0 spiro atoms. The highest BCUT2D eigenvalue weighted by molar-refractivity contribution is 7.10.